The van der Waals surface area contributed by atoms with Crippen LogP contribution in [0.5, 0.6) is 5.75 Å². The van der Waals surface area contributed by atoms with E-state index in [4.69, 9.17) is 20.6 Å². The van der Waals surface area contributed by atoms with Gasteiger partial charge in [0.05, 0.1) is 12.8 Å². The maximum Gasteiger partial charge on any atom is 0.223 e. The van der Waals surface area contributed by atoms with Gasteiger partial charge in [-0.25, -0.2) is 9.97 Å². The fourth-order valence-electron chi connectivity index (χ4n) is 4.39. The molecule has 8 nitrogen and oxygen atoms in total. The van der Waals surface area contributed by atoms with Gasteiger partial charge in [0.15, 0.2) is 11.5 Å². The molecule has 5 rings (SSSR count). The molecule has 0 saturated carbocycles. The van der Waals surface area contributed by atoms with Gasteiger partial charge in [-0.1, -0.05) is 6.07 Å². The Morgan fingerprint density at radius 3 is 2.90 bits per heavy atom. The van der Waals surface area contributed by atoms with Crippen molar-refractivity contribution in [1.29, 1.82) is 0 Å². The zero-order chi connectivity index (χ0) is 20.8. The number of anilines is 1. The first kappa shape index (κ1) is 18.8. The number of hydrogen-bond donors (Lipinski definition) is 1. The second-order valence-corrected chi connectivity index (χ2v) is 8.41. The van der Waals surface area contributed by atoms with Crippen molar-refractivity contribution in [3.8, 4) is 5.75 Å². The molecule has 3 heterocycles. The number of ether oxygens (including phenoxy) is 1. The summed E-state index contributed by atoms with van der Waals surface area (Å²) in [5.74, 6) is 2.44. The summed E-state index contributed by atoms with van der Waals surface area (Å²) < 4.78 is 9.16. The van der Waals surface area contributed by atoms with Gasteiger partial charge in [-0.15, -0.1) is 5.10 Å². The lowest BCUT2D eigenvalue weighted by Crippen LogP contribution is -2.14. The number of benzene rings is 1. The third-order valence-corrected chi connectivity index (χ3v) is 6.05. The monoisotopic (exact) mass is 405 g/mol. The van der Waals surface area contributed by atoms with Crippen LogP contribution in [0.25, 0.3) is 16.6 Å². The normalized spacial score (nSPS) is 16.5. The minimum absolute atomic E-state index is 0.323. The van der Waals surface area contributed by atoms with Crippen LogP contribution in [0, 0.1) is 5.92 Å². The summed E-state index contributed by atoms with van der Waals surface area (Å²) in [4.78, 5) is 9.28. The summed E-state index contributed by atoms with van der Waals surface area (Å²) in [6.45, 7) is 4.34. The molecule has 3 aromatic heterocycles. The topological polar surface area (TPSA) is 96.1 Å². The Morgan fingerprint density at radius 2 is 2.10 bits per heavy atom. The van der Waals surface area contributed by atoms with Gasteiger partial charge < -0.3 is 10.5 Å². The molecule has 0 saturated heterocycles. The van der Waals surface area contributed by atoms with E-state index in [1.165, 1.54) is 17.7 Å². The van der Waals surface area contributed by atoms with Crippen LogP contribution in [0.4, 0.5) is 5.95 Å². The number of para-hydroxylation sites is 1. The second-order valence-electron chi connectivity index (χ2n) is 8.41. The summed E-state index contributed by atoms with van der Waals surface area (Å²) in [5.41, 5.74) is 10.3. The van der Waals surface area contributed by atoms with Crippen molar-refractivity contribution in [3.63, 3.8) is 0 Å². The highest BCUT2D eigenvalue weighted by Crippen LogP contribution is 2.30. The van der Waals surface area contributed by atoms with Crippen molar-refractivity contribution in [2.24, 2.45) is 5.92 Å². The fourth-order valence-corrected chi connectivity index (χ4v) is 4.39. The van der Waals surface area contributed by atoms with Crippen molar-refractivity contribution >= 4 is 22.5 Å². The number of rotatable bonds is 5. The molecular weight excluding hydrogens is 378 g/mol. The van der Waals surface area contributed by atoms with Crippen LogP contribution in [0.3, 0.4) is 0 Å². The van der Waals surface area contributed by atoms with E-state index in [-0.39, 0.29) is 0 Å². The highest BCUT2D eigenvalue weighted by Gasteiger charge is 2.23. The average molecular weight is 406 g/mol. The van der Waals surface area contributed by atoms with Crippen LogP contribution < -0.4 is 10.5 Å². The largest absolute Gasteiger partial charge is 0.494 e. The van der Waals surface area contributed by atoms with E-state index in [2.05, 4.69) is 34.8 Å². The predicted octanol–water partition coefficient (Wildman–Crippen LogP) is 3.38. The molecule has 1 aromatic carbocycles. The van der Waals surface area contributed by atoms with Gasteiger partial charge >= 0.3 is 0 Å². The van der Waals surface area contributed by atoms with E-state index in [1.807, 2.05) is 18.2 Å². The van der Waals surface area contributed by atoms with Gasteiger partial charge in [0.25, 0.3) is 0 Å². The van der Waals surface area contributed by atoms with Crippen LogP contribution >= 0.6 is 0 Å². The fraction of sp³-hybridized carbons (Fsp3) is 0.455. The van der Waals surface area contributed by atoms with Crippen LogP contribution in [-0.2, 0) is 19.3 Å². The Balaban J connectivity index is 1.37. The molecule has 0 amide bonds. The second kappa shape index (κ2) is 7.27. The van der Waals surface area contributed by atoms with Crippen LogP contribution in [0.15, 0.2) is 24.4 Å². The predicted molar refractivity (Wildman–Crippen MR) is 116 cm³/mol. The molecule has 156 valence electrons. The minimum Gasteiger partial charge on any atom is -0.494 e. The van der Waals surface area contributed by atoms with Crippen molar-refractivity contribution in [3.05, 3.63) is 41.5 Å². The Bertz CT molecular complexity index is 1220. The molecule has 4 aromatic rings. The third kappa shape index (κ3) is 3.16. The molecular formula is C22H27N7O. The van der Waals surface area contributed by atoms with Gasteiger partial charge in [-0.3, -0.25) is 4.68 Å². The number of nitrogens with zero attached hydrogens (tertiary/aromatic N) is 6. The lowest BCUT2D eigenvalue weighted by atomic mass is 9.85. The molecule has 0 aliphatic heterocycles. The van der Waals surface area contributed by atoms with Gasteiger partial charge in [0, 0.05) is 24.0 Å². The Hall–Kier alpha value is -3.16. The van der Waals surface area contributed by atoms with Gasteiger partial charge in [-0.2, -0.15) is 9.61 Å². The van der Waals surface area contributed by atoms with Crippen LogP contribution in [0.1, 0.15) is 49.8 Å². The van der Waals surface area contributed by atoms with E-state index in [9.17, 15) is 0 Å². The minimum atomic E-state index is 0.323. The molecule has 1 aliphatic rings. The van der Waals surface area contributed by atoms with Crippen molar-refractivity contribution in [2.45, 2.75) is 52.0 Å². The highest BCUT2D eigenvalue weighted by molar-refractivity contribution is 5.95. The van der Waals surface area contributed by atoms with Gasteiger partial charge in [-0.05, 0) is 63.1 Å². The van der Waals surface area contributed by atoms with Gasteiger partial charge in [0.2, 0.25) is 5.95 Å². The van der Waals surface area contributed by atoms with E-state index in [0.29, 0.717) is 29.2 Å². The molecule has 2 N–H and O–H groups in total. The van der Waals surface area contributed by atoms with E-state index in [0.717, 1.165) is 42.5 Å². The molecule has 8 heteroatoms. The number of hydrogen-bond acceptors (Lipinski definition) is 6. The molecule has 0 spiro atoms. The Morgan fingerprint density at radius 1 is 1.23 bits per heavy atom. The first-order valence-electron chi connectivity index (χ1n) is 10.6. The number of fused-ring (bicyclic) bond motifs is 4. The summed E-state index contributed by atoms with van der Waals surface area (Å²) in [6.07, 6.45) is 7.40. The molecule has 0 bridgehead atoms. The zero-order valence-electron chi connectivity index (χ0n) is 17.7. The van der Waals surface area contributed by atoms with Crippen LogP contribution in [-0.4, -0.2) is 36.5 Å². The van der Waals surface area contributed by atoms with Crippen molar-refractivity contribution in [1.82, 2.24) is 29.4 Å². The number of aryl methyl sites for hydroxylation is 2. The number of nitrogens with two attached hydrogens (primary N) is 1. The van der Waals surface area contributed by atoms with E-state index < -0.39 is 0 Å². The quantitative estimate of drug-likeness (QED) is 0.547. The first-order chi connectivity index (χ1) is 14.5. The maximum atomic E-state index is 6.16. The highest BCUT2D eigenvalue weighted by atomic mass is 16.5. The summed E-state index contributed by atoms with van der Waals surface area (Å²) in [5, 5.41) is 10.3. The third-order valence-electron chi connectivity index (χ3n) is 6.05. The molecule has 30 heavy (non-hydrogen) atoms. The molecule has 0 unspecified atom stereocenters. The average Bonchev–Trinajstić information content (AvgIpc) is 3.36. The summed E-state index contributed by atoms with van der Waals surface area (Å²) >= 11 is 0. The first-order valence-corrected chi connectivity index (χ1v) is 10.6. The standard InChI is InChI=1S/C22H27N7O/c1-13(2)28-12-15-11-14(7-9-17(15)26-28)8-10-19-24-21-16-5-4-6-18(30-3)20(16)25-22(23)29(21)27-19/h4-6,12-14H,7-11H2,1-3H3,(H2,23,25)/t14-/m1/s1. The van der Waals surface area contributed by atoms with E-state index in [1.54, 1.807) is 11.6 Å². The zero-order valence-corrected chi connectivity index (χ0v) is 17.7. The van der Waals surface area contributed by atoms with Gasteiger partial charge in [0.1, 0.15) is 11.3 Å². The van der Waals surface area contributed by atoms with Crippen molar-refractivity contribution < 1.29 is 4.74 Å². The molecule has 0 fully saturated rings. The molecule has 1 atom stereocenters. The van der Waals surface area contributed by atoms with Crippen LogP contribution in [0.2, 0.25) is 0 Å². The number of methoxy groups -OCH3 is 1. The number of aromatic nitrogens is 6. The Labute approximate surface area is 175 Å². The smallest absolute Gasteiger partial charge is 0.223 e. The summed E-state index contributed by atoms with van der Waals surface area (Å²) in [7, 11) is 1.63. The lowest BCUT2D eigenvalue weighted by Gasteiger charge is -2.20. The van der Waals surface area contributed by atoms with E-state index >= 15 is 0 Å². The number of nitrogen functional groups attached to an aromatic ring is 1. The Kier molecular flexibility index (Phi) is 4.56. The molecule has 0 radical (unpaired) electrons. The van der Waals surface area contributed by atoms with Crippen molar-refractivity contribution in [2.75, 3.05) is 12.8 Å². The summed E-state index contributed by atoms with van der Waals surface area (Å²) in [6, 6.07) is 6.20. The maximum absolute atomic E-state index is 6.16. The molecule has 1 aliphatic carbocycles. The SMILES string of the molecule is COc1cccc2c1nc(N)n1nc(CC[C@H]3CCc4nn(C(C)C)cc4C3)nc21. The lowest BCUT2D eigenvalue weighted by molar-refractivity contribution is 0.419.